The van der Waals surface area contributed by atoms with E-state index in [0.717, 1.165) is 37.6 Å². The van der Waals surface area contributed by atoms with Crippen molar-refractivity contribution in [3.63, 3.8) is 0 Å². The maximum Gasteiger partial charge on any atom is 0.295 e. The van der Waals surface area contributed by atoms with Crippen LogP contribution >= 0.6 is 0 Å². The molecular weight excluding hydrogens is 566 g/mol. The molecule has 1 aliphatic heterocycles. The minimum absolute atomic E-state index is 0.00741. The molecule has 3 aromatic heterocycles. The number of anilines is 2. The second-order valence-electron chi connectivity index (χ2n) is 11.1. The van der Waals surface area contributed by atoms with Crippen LogP contribution in [0.4, 0.5) is 20.2 Å². The number of nitrogens with zero attached hydrogens (tertiary/aromatic N) is 5. The highest BCUT2D eigenvalue weighted by molar-refractivity contribution is 7.90. The Balaban J connectivity index is 1.49. The summed E-state index contributed by atoms with van der Waals surface area (Å²) in [7, 11) is -1.94. The number of ketones is 1. The summed E-state index contributed by atoms with van der Waals surface area (Å²) in [5.74, 6) is -0.460. The maximum atomic E-state index is 14.3. The van der Waals surface area contributed by atoms with Gasteiger partial charge in [0.2, 0.25) is 0 Å². The van der Waals surface area contributed by atoms with E-state index in [2.05, 4.69) is 20.4 Å². The number of hydrogen-bond donors (Lipinski definition) is 1. The number of alkyl halides is 2. The van der Waals surface area contributed by atoms with Crippen molar-refractivity contribution in [1.82, 2.24) is 24.3 Å². The number of carbonyl (C=O) groups excluding carboxylic acids is 1. The molecule has 1 saturated carbocycles. The standard InChI is InChI=1S/C29H32F2N6O4S/c1-16-12-21(35-36(16)2)18-9-10-20(24(13-18)42(3,39)40)33-22-14-19(15-23(38)17-7-8-17)32-28-26(22)34-29(27(30)31)37(28)25-6-4-5-11-41-25/h9-10,12-14,17,25,27H,4-8,11,15H2,1-3H3,(H,32,33). The average molecular weight is 599 g/mol. The Morgan fingerprint density at radius 1 is 1.12 bits per heavy atom. The Hall–Kier alpha value is -3.71. The number of aryl methyl sites for hydroxylation is 2. The van der Waals surface area contributed by atoms with Gasteiger partial charge in [0, 0.05) is 43.5 Å². The summed E-state index contributed by atoms with van der Waals surface area (Å²) in [6.07, 6.45) is 1.38. The number of hydrogen-bond acceptors (Lipinski definition) is 8. The lowest BCUT2D eigenvalue weighted by atomic mass is 10.1. The van der Waals surface area contributed by atoms with Gasteiger partial charge in [0.1, 0.15) is 17.5 Å². The number of sulfone groups is 1. The minimum atomic E-state index is -3.74. The number of carbonyl (C=O) groups is 1. The zero-order valence-corrected chi connectivity index (χ0v) is 24.4. The summed E-state index contributed by atoms with van der Waals surface area (Å²) in [6.45, 7) is 2.33. The van der Waals surface area contributed by atoms with Crippen LogP contribution in [0.5, 0.6) is 0 Å². The van der Waals surface area contributed by atoms with E-state index in [1.54, 1.807) is 29.9 Å². The quantitative estimate of drug-likeness (QED) is 0.270. The third kappa shape index (κ3) is 5.54. The molecule has 4 heterocycles. The van der Waals surface area contributed by atoms with Crippen LogP contribution < -0.4 is 5.32 Å². The number of rotatable bonds is 9. The Bertz CT molecular complexity index is 1770. The lowest BCUT2D eigenvalue weighted by molar-refractivity contribution is -0.119. The van der Waals surface area contributed by atoms with E-state index in [1.165, 1.54) is 10.6 Å². The van der Waals surface area contributed by atoms with E-state index in [-0.39, 0.29) is 45.6 Å². The van der Waals surface area contributed by atoms with Gasteiger partial charge >= 0.3 is 0 Å². The number of aromatic nitrogens is 5. The molecule has 1 aliphatic carbocycles. The van der Waals surface area contributed by atoms with Crippen LogP contribution in [0.3, 0.4) is 0 Å². The predicted octanol–water partition coefficient (Wildman–Crippen LogP) is 5.45. The van der Waals surface area contributed by atoms with E-state index >= 15 is 0 Å². The van der Waals surface area contributed by atoms with E-state index in [0.29, 0.717) is 30.0 Å². The third-order valence-electron chi connectivity index (χ3n) is 7.82. The first-order valence-electron chi connectivity index (χ1n) is 14.0. The molecule has 1 saturated heterocycles. The number of imidazole rings is 1. The molecule has 222 valence electrons. The number of halogens is 2. The molecule has 2 aliphatic rings. The Labute approximate surface area is 242 Å². The molecule has 1 aromatic carbocycles. The van der Waals surface area contributed by atoms with Crippen molar-refractivity contribution in [2.24, 2.45) is 13.0 Å². The maximum absolute atomic E-state index is 14.3. The minimum Gasteiger partial charge on any atom is -0.358 e. The molecule has 0 radical (unpaired) electrons. The van der Waals surface area contributed by atoms with Gasteiger partial charge in [-0.1, -0.05) is 6.07 Å². The molecule has 1 unspecified atom stereocenters. The van der Waals surface area contributed by atoms with Gasteiger partial charge in [0.25, 0.3) is 6.43 Å². The monoisotopic (exact) mass is 598 g/mol. The fourth-order valence-electron chi connectivity index (χ4n) is 5.35. The van der Waals surface area contributed by atoms with Crippen LogP contribution in [-0.2, 0) is 32.8 Å². The number of pyridine rings is 1. The fourth-order valence-corrected chi connectivity index (χ4v) is 6.21. The number of benzene rings is 1. The van der Waals surface area contributed by atoms with Gasteiger partial charge in [-0.3, -0.25) is 14.0 Å². The van der Waals surface area contributed by atoms with Gasteiger partial charge in [-0.15, -0.1) is 0 Å². The normalized spacial score (nSPS) is 17.7. The van der Waals surface area contributed by atoms with Crippen LogP contribution in [0.25, 0.3) is 22.4 Å². The summed E-state index contributed by atoms with van der Waals surface area (Å²) in [6, 6.07) is 8.35. The van der Waals surface area contributed by atoms with Gasteiger partial charge in [0.15, 0.2) is 21.3 Å². The molecule has 10 nitrogen and oxygen atoms in total. The van der Waals surface area contributed by atoms with E-state index in [1.807, 2.05) is 13.0 Å². The van der Waals surface area contributed by atoms with E-state index in [9.17, 15) is 22.0 Å². The summed E-state index contributed by atoms with van der Waals surface area (Å²) in [5, 5.41) is 7.60. The van der Waals surface area contributed by atoms with Crippen molar-refractivity contribution < 1.29 is 26.7 Å². The highest BCUT2D eigenvalue weighted by Gasteiger charge is 2.32. The second-order valence-corrected chi connectivity index (χ2v) is 13.1. The fraction of sp³-hybridized carbons (Fsp3) is 0.448. The Kier molecular flexibility index (Phi) is 7.34. The number of ether oxygens (including phenoxy) is 1. The van der Waals surface area contributed by atoms with Gasteiger partial charge < -0.3 is 10.1 Å². The van der Waals surface area contributed by atoms with Crippen LogP contribution in [0.2, 0.25) is 0 Å². The van der Waals surface area contributed by atoms with Crippen molar-refractivity contribution in [1.29, 1.82) is 0 Å². The van der Waals surface area contributed by atoms with Crippen molar-refractivity contribution >= 4 is 38.2 Å². The summed E-state index contributed by atoms with van der Waals surface area (Å²) >= 11 is 0. The number of fused-ring (bicyclic) bond motifs is 1. The smallest absolute Gasteiger partial charge is 0.295 e. The lowest BCUT2D eigenvalue weighted by Gasteiger charge is -2.25. The molecule has 0 bridgehead atoms. The van der Waals surface area contributed by atoms with Gasteiger partial charge in [-0.25, -0.2) is 27.2 Å². The molecule has 0 spiro atoms. The third-order valence-corrected chi connectivity index (χ3v) is 8.95. The Morgan fingerprint density at radius 3 is 2.52 bits per heavy atom. The molecule has 2 fully saturated rings. The van der Waals surface area contributed by atoms with Gasteiger partial charge in [-0.2, -0.15) is 5.10 Å². The SMILES string of the molecule is Cc1cc(-c2ccc(Nc3cc(CC(=O)C4CC4)nc4c3nc(C(F)F)n4C3CCCCO3)c(S(C)(=O)=O)c2)nn1C. The molecular formula is C29H32F2N6O4S. The first kappa shape index (κ1) is 28.4. The molecule has 13 heteroatoms. The van der Waals surface area contributed by atoms with Crippen molar-refractivity contribution in [3.05, 3.63) is 47.5 Å². The second kappa shape index (κ2) is 10.8. The van der Waals surface area contributed by atoms with Crippen LogP contribution in [0.15, 0.2) is 35.2 Å². The topological polar surface area (TPSA) is 121 Å². The van der Waals surface area contributed by atoms with Crippen molar-refractivity contribution in [2.75, 3.05) is 18.2 Å². The predicted molar refractivity (Wildman–Crippen MR) is 153 cm³/mol. The average Bonchev–Trinajstić information content (AvgIpc) is 3.65. The lowest BCUT2D eigenvalue weighted by Crippen LogP contribution is -2.21. The number of Topliss-reactive ketones (excluding diaryl/α,β-unsaturated/α-hetero) is 1. The Morgan fingerprint density at radius 2 is 1.90 bits per heavy atom. The molecule has 0 amide bonds. The highest BCUT2D eigenvalue weighted by atomic mass is 32.2. The first-order valence-corrected chi connectivity index (χ1v) is 15.8. The molecule has 6 rings (SSSR count). The van der Waals surface area contributed by atoms with Crippen LogP contribution in [-0.4, -0.2) is 51.4 Å². The van der Waals surface area contributed by atoms with Gasteiger partial charge in [-0.05, 0) is 63.3 Å². The largest absolute Gasteiger partial charge is 0.358 e. The highest BCUT2D eigenvalue weighted by Crippen LogP contribution is 2.38. The molecule has 1 atom stereocenters. The van der Waals surface area contributed by atoms with E-state index < -0.39 is 28.3 Å². The first-order chi connectivity index (χ1) is 20.0. The molecule has 1 N–H and O–H groups in total. The number of nitrogens with one attached hydrogen (secondary N) is 1. The van der Waals surface area contributed by atoms with Crippen LogP contribution in [0.1, 0.15) is 62.0 Å². The van der Waals surface area contributed by atoms with E-state index in [4.69, 9.17) is 4.74 Å². The van der Waals surface area contributed by atoms with Crippen molar-refractivity contribution in [3.8, 4) is 11.3 Å². The summed E-state index contributed by atoms with van der Waals surface area (Å²) < 4.78 is 63.5. The van der Waals surface area contributed by atoms with Crippen molar-refractivity contribution in [2.45, 2.75) is 63.0 Å². The van der Waals surface area contributed by atoms with Gasteiger partial charge in [0.05, 0.1) is 27.7 Å². The summed E-state index contributed by atoms with van der Waals surface area (Å²) in [5.41, 5.74) is 3.36. The zero-order chi connectivity index (χ0) is 29.8. The summed E-state index contributed by atoms with van der Waals surface area (Å²) in [4.78, 5) is 21.7. The molecule has 4 aromatic rings. The van der Waals surface area contributed by atoms with Crippen LogP contribution in [0, 0.1) is 12.8 Å². The molecule has 42 heavy (non-hydrogen) atoms. The zero-order valence-electron chi connectivity index (χ0n) is 23.6.